The van der Waals surface area contributed by atoms with Gasteiger partial charge in [0.25, 0.3) is 0 Å². The monoisotopic (exact) mass is 232 g/mol. The van der Waals surface area contributed by atoms with Crippen molar-refractivity contribution < 1.29 is 4.79 Å². The van der Waals surface area contributed by atoms with Gasteiger partial charge in [0.15, 0.2) is 0 Å². The first kappa shape index (κ1) is 12.0. The summed E-state index contributed by atoms with van der Waals surface area (Å²) in [6, 6.07) is 6.15. The Labute approximate surface area is 103 Å². The first-order valence-electron chi connectivity index (χ1n) is 6.36. The van der Waals surface area contributed by atoms with Crippen molar-refractivity contribution in [3.63, 3.8) is 0 Å². The molecular weight excluding hydrogens is 212 g/mol. The van der Waals surface area contributed by atoms with Gasteiger partial charge in [-0.15, -0.1) is 0 Å². The predicted octanol–water partition coefficient (Wildman–Crippen LogP) is 2.94. The van der Waals surface area contributed by atoms with Crippen LogP contribution < -0.4 is 10.2 Å². The first-order valence-corrected chi connectivity index (χ1v) is 6.36. The van der Waals surface area contributed by atoms with Crippen molar-refractivity contribution in [1.82, 2.24) is 0 Å². The average molecular weight is 232 g/mol. The van der Waals surface area contributed by atoms with Crippen molar-refractivity contribution >= 4 is 17.3 Å². The average Bonchev–Trinajstić information content (AvgIpc) is 2.85. The van der Waals surface area contributed by atoms with E-state index in [0.717, 1.165) is 18.8 Å². The molecule has 1 aromatic rings. The maximum absolute atomic E-state index is 11.4. The van der Waals surface area contributed by atoms with Crippen LogP contribution in [0.1, 0.15) is 31.7 Å². The number of carbonyl (C=O) groups excluding carboxylic acids is 1. The Hall–Kier alpha value is -1.51. The fourth-order valence-electron chi connectivity index (χ4n) is 2.24. The molecule has 1 saturated heterocycles. The van der Waals surface area contributed by atoms with Crippen LogP contribution in [0.25, 0.3) is 0 Å². The summed E-state index contributed by atoms with van der Waals surface area (Å²) >= 11 is 0. The van der Waals surface area contributed by atoms with Crippen LogP contribution in [0.5, 0.6) is 0 Å². The summed E-state index contributed by atoms with van der Waals surface area (Å²) in [6.45, 7) is 6.25. The van der Waals surface area contributed by atoms with E-state index in [-0.39, 0.29) is 5.91 Å². The van der Waals surface area contributed by atoms with Crippen molar-refractivity contribution in [2.45, 2.75) is 33.1 Å². The Balaban J connectivity index is 2.19. The van der Waals surface area contributed by atoms with Crippen LogP contribution >= 0.6 is 0 Å². The molecule has 1 fully saturated rings. The molecule has 1 amide bonds. The Kier molecular flexibility index (Phi) is 3.67. The minimum Gasteiger partial charge on any atom is -0.371 e. The van der Waals surface area contributed by atoms with Crippen LogP contribution in [0.15, 0.2) is 18.2 Å². The summed E-state index contributed by atoms with van der Waals surface area (Å²) in [5, 5.41) is 2.92. The molecule has 0 atom stereocenters. The Morgan fingerprint density at radius 2 is 2.06 bits per heavy atom. The van der Waals surface area contributed by atoms with Gasteiger partial charge in [0.2, 0.25) is 5.91 Å². The van der Waals surface area contributed by atoms with Crippen molar-refractivity contribution in [1.29, 1.82) is 0 Å². The molecule has 1 N–H and O–H groups in total. The quantitative estimate of drug-likeness (QED) is 0.869. The van der Waals surface area contributed by atoms with E-state index in [1.54, 1.807) is 0 Å². The number of benzene rings is 1. The third kappa shape index (κ3) is 2.78. The second-order valence-corrected chi connectivity index (χ2v) is 4.60. The van der Waals surface area contributed by atoms with Gasteiger partial charge in [0.1, 0.15) is 0 Å². The minimum absolute atomic E-state index is 0.0706. The number of aryl methyl sites for hydroxylation is 1. The molecule has 1 aromatic carbocycles. The van der Waals surface area contributed by atoms with Gasteiger partial charge in [-0.3, -0.25) is 4.79 Å². The second kappa shape index (κ2) is 5.21. The SMILES string of the molecule is CCC(=O)Nc1ccc(C)c(N2CCCC2)c1. The van der Waals surface area contributed by atoms with E-state index in [1.807, 2.05) is 13.0 Å². The van der Waals surface area contributed by atoms with Gasteiger partial charge in [-0.05, 0) is 37.5 Å². The fraction of sp³-hybridized carbons (Fsp3) is 0.500. The number of carbonyl (C=O) groups is 1. The third-order valence-corrected chi connectivity index (χ3v) is 3.26. The van der Waals surface area contributed by atoms with Gasteiger partial charge in [0, 0.05) is 30.9 Å². The summed E-state index contributed by atoms with van der Waals surface area (Å²) in [4.78, 5) is 13.8. The topological polar surface area (TPSA) is 32.3 Å². The highest BCUT2D eigenvalue weighted by Gasteiger charge is 2.14. The van der Waals surface area contributed by atoms with E-state index in [9.17, 15) is 4.79 Å². The van der Waals surface area contributed by atoms with Crippen LogP contribution in [0.3, 0.4) is 0 Å². The number of anilines is 2. The molecule has 1 heterocycles. The maximum atomic E-state index is 11.4. The number of hydrogen-bond donors (Lipinski definition) is 1. The zero-order chi connectivity index (χ0) is 12.3. The highest BCUT2D eigenvalue weighted by Crippen LogP contribution is 2.27. The molecule has 92 valence electrons. The van der Waals surface area contributed by atoms with E-state index in [2.05, 4.69) is 29.3 Å². The zero-order valence-electron chi connectivity index (χ0n) is 10.6. The van der Waals surface area contributed by atoms with E-state index in [1.165, 1.54) is 24.1 Å². The number of rotatable bonds is 3. The Bertz CT molecular complexity index is 409. The molecule has 17 heavy (non-hydrogen) atoms. The lowest BCUT2D eigenvalue weighted by molar-refractivity contribution is -0.115. The van der Waals surface area contributed by atoms with Gasteiger partial charge in [-0.2, -0.15) is 0 Å². The van der Waals surface area contributed by atoms with Crippen molar-refractivity contribution in [2.75, 3.05) is 23.3 Å². The predicted molar refractivity (Wildman–Crippen MR) is 71.5 cm³/mol. The second-order valence-electron chi connectivity index (χ2n) is 4.60. The van der Waals surface area contributed by atoms with Crippen LogP contribution in [0, 0.1) is 6.92 Å². The largest absolute Gasteiger partial charge is 0.371 e. The molecule has 0 unspecified atom stereocenters. The number of nitrogens with zero attached hydrogens (tertiary/aromatic N) is 1. The normalized spacial score (nSPS) is 15.1. The van der Waals surface area contributed by atoms with Crippen molar-refractivity contribution in [2.24, 2.45) is 0 Å². The fourth-order valence-corrected chi connectivity index (χ4v) is 2.24. The summed E-state index contributed by atoms with van der Waals surface area (Å²) in [5.41, 5.74) is 3.45. The maximum Gasteiger partial charge on any atom is 0.224 e. The van der Waals surface area contributed by atoms with Gasteiger partial charge >= 0.3 is 0 Å². The van der Waals surface area contributed by atoms with Crippen LogP contribution in [-0.4, -0.2) is 19.0 Å². The van der Waals surface area contributed by atoms with Gasteiger partial charge in [0.05, 0.1) is 0 Å². The van der Waals surface area contributed by atoms with Crippen LogP contribution in [0.4, 0.5) is 11.4 Å². The van der Waals surface area contributed by atoms with Gasteiger partial charge in [-0.1, -0.05) is 13.0 Å². The Morgan fingerprint density at radius 1 is 1.35 bits per heavy atom. The smallest absolute Gasteiger partial charge is 0.224 e. The van der Waals surface area contributed by atoms with E-state index in [0.29, 0.717) is 6.42 Å². The lowest BCUT2D eigenvalue weighted by Gasteiger charge is -2.21. The molecule has 1 aliphatic rings. The first-order chi connectivity index (χ1) is 8.20. The summed E-state index contributed by atoms with van der Waals surface area (Å²) in [6.07, 6.45) is 3.06. The third-order valence-electron chi connectivity index (χ3n) is 3.26. The minimum atomic E-state index is 0.0706. The molecule has 0 spiro atoms. The van der Waals surface area contributed by atoms with Gasteiger partial charge < -0.3 is 10.2 Å². The highest BCUT2D eigenvalue weighted by molar-refractivity contribution is 5.91. The lowest BCUT2D eigenvalue weighted by atomic mass is 10.1. The number of hydrogen-bond acceptors (Lipinski definition) is 2. The van der Waals surface area contributed by atoms with E-state index < -0.39 is 0 Å². The highest BCUT2D eigenvalue weighted by atomic mass is 16.1. The molecule has 0 aliphatic carbocycles. The van der Waals surface area contributed by atoms with Crippen LogP contribution in [0.2, 0.25) is 0 Å². The van der Waals surface area contributed by atoms with Crippen molar-refractivity contribution in [3.8, 4) is 0 Å². The van der Waals surface area contributed by atoms with Crippen LogP contribution in [-0.2, 0) is 4.79 Å². The summed E-state index contributed by atoms with van der Waals surface area (Å²) < 4.78 is 0. The van der Waals surface area contributed by atoms with E-state index >= 15 is 0 Å². The molecule has 2 rings (SSSR count). The van der Waals surface area contributed by atoms with E-state index in [4.69, 9.17) is 0 Å². The molecule has 3 heteroatoms. The summed E-state index contributed by atoms with van der Waals surface area (Å²) in [7, 11) is 0. The molecule has 0 bridgehead atoms. The van der Waals surface area contributed by atoms with Crippen molar-refractivity contribution in [3.05, 3.63) is 23.8 Å². The molecule has 0 radical (unpaired) electrons. The molecule has 3 nitrogen and oxygen atoms in total. The molecule has 1 aliphatic heterocycles. The lowest BCUT2D eigenvalue weighted by Crippen LogP contribution is -2.19. The number of amides is 1. The number of nitrogens with one attached hydrogen (secondary N) is 1. The molecule has 0 aromatic heterocycles. The van der Waals surface area contributed by atoms with Gasteiger partial charge in [-0.25, -0.2) is 0 Å². The molecular formula is C14H20N2O. The molecule has 0 saturated carbocycles. The zero-order valence-corrected chi connectivity index (χ0v) is 10.6. The Morgan fingerprint density at radius 3 is 2.71 bits per heavy atom. The standard InChI is InChI=1S/C14H20N2O/c1-3-14(17)15-12-7-6-11(2)13(10-12)16-8-4-5-9-16/h6-7,10H,3-5,8-9H2,1-2H3,(H,15,17). The summed E-state index contributed by atoms with van der Waals surface area (Å²) in [5.74, 6) is 0.0706.